The molecule has 0 aliphatic heterocycles. The van der Waals surface area contributed by atoms with Crippen molar-refractivity contribution in [2.24, 2.45) is 0 Å². The molecule has 0 atom stereocenters. The Hall–Kier alpha value is -1.66. The summed E-state index contributed by atoms with van der Waals surface area (Å²) >= 11 is 2.82. The highest BCUT2D eigenvalue weighted by Gasteiger charge is 2.13. The van der Waals surface area contributed by atoms with Gasteiger partial charge in [-0.25, -0.2) is 0 Å². The van der Waals surface area contributed by atoms with Crippen molar-refractivity contribution in [1.82, 2.24) is 10.9 Å². The number of carbonyl (C=O) groups excluding carboxylic acids is 2. The third-order valence-electron chi connectivity index (χ3n) is 3.68. The molecule has 2 aromatic rings. The molecule has 130 valence electrons. The molecule has 2 rings (SSSR count). The van der Waals surface area contributed by atoms with Crippen LogP contribution >= 0.6 is 22.7 Å². The highest BCUT2D eigenvalue weighted by molar-refractivity contribution is 7.12. The minimum atomic E-state index is -0.265. The fourth-order valence-electron chi connectivity index (χ4n) is 2.25. The number of amides is 2. The predicted octanol–water partition coefficient (Wildman–Crippen LogP) is 4.57. The van der Waals surface area contributed by atoms with Crippen molar-refractivity contribution in [2.75, 3.05) is 0 Å². The van der Waals surface area contributed by atoms with Crippen LogP contribution in [0.3, 0.4) is 0 Å². The first-order valence-corrected chi connectivity index (χ1v) is 10.2. The summed E-state index contributed by atoms with van der Waals surface area (Å²) in [6.45, 7) is 4.29. The topological polar surface area (TPSA) is 58.2 Å². The fraction of sp³-hybridized carbons (Fsp3) is 0.444. The standard InChI is InChI=1S/C18H24N2O2S2/c1-3-5-7-13-9-15(23-11-13)17(21)19-20-18(22)16-10-14(12-24-16)8-6-4-2/h9-12H,3-8H2,1-2H3,(H,19,21)(H,20,22). The molecule has 0 fully saturated rings. The lowest BCUT2D eigenvalue weighted by atomic mass is 10.1. The average molecular weight is 365 g/mol. The Morgan fingerprint density at radius 2 is 1.25 bits per heavy atom. The summed E-state index contributed by atoms with van der Waals surface area (Å²) in [5.74, 6) is -0.530. The summed E-state index contributed by atoms with van der Waals surface area (Å²) < 4.78 is 0. The largest absolute Gasteiger partial charge is 0.279 e. The maximum atomic E-state index is 12.1. The third-order valence-corrected chi connectivity index (χ3v) is 5.64. The van der Waals surface area contributed by atoms with E-state index in [1.165, 1.54) is 33.8 Å². The van der Waals surface area contributed by atoms with Gasteiger partial charge in [0.25, 0.3) is 11.8 Å². The Labute approximate surface area is 151 Å². The van der Waals surface area contributed by atoms with Gasteiger partial charge in [-0.3, -0.25) is 20.4 Å². The minimum absolute atomic E-state index is 0.265. The smallest absolute Gasteiger partial charge is 0.266 e. The lowest BCUT2D eigenvalue weighted by molar-refractivity contribution is 0.0851. The zero-order chi connectivity index (χ0) is 17.4. The van der Waals surface area contributed by atoms with Crippen molar-refractivity contribution in [3.8, 4) is 0 Å². The predicted molar refractivity (Wildman–Crippen MR) is 101 cm³/mol. The number of hydrogen-bond donors (Lipinski definition) is 2. The van der Waals surface area contributed by atoms with Crippen LogP contribution in [-0.2, 0) is 12.8 Å². The molecule has 2 aromatic heterocycles. The quantitative estimate of drug-likeness (QED) is 0.674. The second kappa shape index (κ2) is 9.59. The van der Waals surface area contributed by atoms with E-state index in [9.17, 15) is 9.59 Å². The third kappa shape index (κ3) is 5.46. The molecule has 24 heavy (non-hydrogen) atoms. The molecule has 0 aliphatic rings. The van der Waals surface area contributed by atoms with Crippen LogP contribution in [0.15, 0.2) is 22.9 Å². The Bertz CT molecular complexity index is 618. The van der Waals surface area contributed by atoms with Crippen LogP contribution in [0.2, 0.25) is 0 Å². The molecule has 0 unspecified atom stereocenters. The van der Waals surface area contributed by atoms with Gasteiger partial charge in [0.15, 0.2) is 0 Å². The number of rotatable bonds is 8. The Morgan fingerprint density at radius 1 is 0.833 bits per heavy atom. The van der Waals surface area contributed by atoms with Gasteiger partial charge in [-0.2, -0.15) is 0 Å². The molecule has 0 aromatic carbocycles. The van der Waals surface area contributed by atoms with Crippen LogP contribution < -0.4 is 10.9 Å². The van der Waals surface area contributed by atoms with Gasteiger partial charge in [0.1, 0.15) is 0 Å². The molecule has 0 radical (unpaired) electrons. The van der Waals surface area contributed by atoms with E-state index in [-0.39, 0.29) is 11.8 Å². The first kappa shape index (κ1) is 18.7. The van der Waals surface area contributed by atoms with Crippen LogP contribution in [0.1, 0.15) is 70.0 Å². The van der Waals surface area contributed by atoms with Crippen molar-refractivity contribution in [1.29, 1.82) is 0 Å². The molecule has 2 heterocycles. The lowest BCUT2D eigenvalue weighted by Gasteiger charge is -2.04. The SMILES string of the molecule is CCCCc1csc(C(=O)NNC(=O)c2cc(CCCC)cs2)c1. The van der Waals surface area contributed by atoms with Gasteiger partial charge >= 0.3 is 0 Å². The number of hydrogen-bond acceptors (Lipinski definition) is 4. The van der Waals surface area contributed by atoms with E-state index < -0.39 is 0 Å². The zero-order valence-electron chi connectivity index (χ0n) is 14.2. The number of unbranched alkanes of at least 4 members (excludes halogenated alkanes) is 2. The van der Waals surface area contributed by atoms with E-state index in [0.29, 0.717) is 9.75 Å². The minimum Gasteiger partial charge on any atom is -0.266 e. The van der Waals surface area contributed by atoms with Gasteiger partial charge in [-0.1, -0.05) is 26.7 Å². The number of carbonyl (C=O) groups is 2. The number of hydrazine groups is 1. The molecule has 2 N–H and O–H groups in total. The monoisotopic (exact) mass is 364 g/mol. The van der Waals surface area contributed by atoms with Gasteiger partial charge in [-0.05, 0) is 59.7 Å². The number of aryl methyl sites for hydroxylation is 2. The molecule has 4 nitrogen and oxygen atoms in total. The van der Waals surface area contributed by atoms with E-state index in [1.54, 1.807) is 0 Å². The Morgan fingerprint density at radius 3 is 1.62 bits per heavy atom. The normalized spacial score (nSPS) is 10.6. The van der Waals surface area contributed by atoms with Gasteiger partial charge in [0.2, 0.25) is 0 Å². The van der Waals surface area contributed by atoms with E-state index in [4.69, 9.17) is 0 Å². The lowest BCUT2D eigenvalue weighted by Crippen LogP contribution is -2.41. The van der Waals surface area contributed by atoms with Crippen LogP contribution in [-0.4, -0.2) is 11.8 Å². The average Bonchev–Trinajstić information content (AvgIpc) is 3.25. The molecule has 0 aliphatic carbocycles. The van der Waals surface area contributed by atoms with Gasteiger partial charge in [0, 0.05) is 0 Å². The Kier molecular flexibility index (Phi) is 7.46. The van der Waals surface area contributed by atoms with Gasteiger partial charge in [-0.15, -0.1) is 22.7 Å². The van der Waals surface area contributed by atoms with Crippen molar-refractivity contribution in [3.63, 3.8) is 0 Å². The van der Waals surface area contributed by atoms with Crippen molar-refractivity contribution >= 4 is 34.5 Å². The maximum absolute atomic E-state index is 12.1. The molecule has 6 heteroatoms. The summed E-state index contributed by atoms with van der Waals surface area (Å²) in [7, 11) is 0. The van der Waals surface area contributed by atoms with Gasteiger partial charge in [0.05, 0.1) is 9.75 Å². The van der Waals surface area contributed by atoms with Crippen LogP contribution in [0, 0.1) is 0 Å². The molecular weight excluding hydrogens is 340 g/mol. The van der Waals surface area contributed by atoms with Crippen LogP contribution in [0.25, 0.3) is 0 Å². The molecule has 0 saturated heterocycles. The fourth-order valence-corrected chi connectivity index (χ4v) is 3.93. The summed E-state index contributed by atoms with van der Waals surface area (Å²) in [6.07, 6.45) is 6.48. The zero-order valence-corrected chi connectivity index (χ0v) is 15.8. The molecule has 2 amide bonds. The maximum Gasteiger partial charge on any atom is 0.279 e. The first-order valence-electron chi connectivity index (χ1n) is 8.39. The van der Waals surface area contributed by atoms with E-state index in [1.807, 2.05) is 22.9 Å². The summed E-state index contributed by atoms with van der Waals surface area (Å²) in [6, 6.07) is 3.80. The highest BCUT2D eigenvalue weighted by atomic mass is 32.1. The van der Waals surface area contributed by atoms with Crippen molar-refractivity contribution in [2.45, 2.75) is 52.4 Å². The highest BCUT2D eigenvalue weighted by Crippen LogP contribution is 2.18. The molecule has 0 spiro atoms. The van der Waals surface area contributed by atoms with Crippen LogP contribution in [0.5, 0.6) is 0 Å². The number of nitrogens with one attached hydrogen (secondary N) is 2. The van der Waals surface area contributed by atoms with Gasteiger partial charge < -0.3 is 0 Å². The summed E-state index contributed by atoms with van der Waals surface area (Å²) in [4.78, 5) is 25.4. The Balaban J connectivity index is 1.83. The van der Waals surface area contributed by atoms with Crippen molar-refractivity contribution < 1.29 is 9.59 Å². The van der Waals surface area contributed by atoms with E-state index in [2.05, 4.69) is 24.7 Å². The second-order valence-corrected chi connectivity index (χ2v) is 7.58. The van der Waals surface area contributed by atoms with E-state index >= 15 is 0 Å². The second-order valence-electron chi connectivity index (χ2n) is 5.75. The first-order chi connectivity index (χ1) is 11.6. The summed E-state index contributed by atoms with van der Waals surface area (Å²) in [5, 5.41) is 4.01. The molecule has 0 saturated carbocycles. The summed E-state index contributed by atoms with van der Waals surface area (Å²) in [5.41, 5.74) is 7.35. The van der Waals surface area contributed by atoms with E-state index in [0.717, 1.165) is 38.5 Å². The molecule has 0 bridgehead atoms. The number of thiophene rings is 2. The van der Waals surface area contributed by atoms with Crippen LogP contribution in [0.4, 0.5) is 0 Å². The molecular formula is C18H24N2O2S2. The van der Waals surface area contributed by atoms with Crippen molar-refractivity contribution in [3.05, 3.63) is 43.8 Å².